The lowest BCUT2D eigenvalue weighted by Gasteiger charge is -2.21. The summed E-state index contributed by atoms with van der Waals surface area (Å²) < 4.78 is 39.4. The van der Waals surface area contributed by atoms with Gasteiger partial charge in [-0.3, -0.25) is 9.35 Å². The molecule has 0 spiro atoms. The molecule has 0 aliphatic heterocycles. The molecule has 0 unspecified atom stereocenters. The van der Waals surface area contributed by atoms with Gasteiger partial charge in [0.05, 0.1) is 17.5 Å². The summed E-state index contributed by atoms with van der Waals surface area (Å²) in [7, 11) is 2.96. The lowest BCUT2D eigenvalue weighted by Crippen LogP contribution is -2.36. The largest absolute Gasteiger partial charge is 0.478 e. The number of rotatable bonds is 10. The molecule has 29 heavy (non-hydrogen) atoms. The second-order valence-corrected chi connectivity index (χ2v) is 7.93. The normalized spacial score (nSPS) is 11.1. The summed E-state index contributed by atoms with van der Waals surface area (Å²) in [6.45, 7) is -0.884. The van der Waals surface area contributed by atoms with Gasteiger partial charge in [-0.1, -0.05) is 29.1 Å². The Morgan fingerprint density at radius 3 is 1.97 bits per heavy atom. The van der Waals surface area contributed by atoms with Crippen LogP contribution >= 0.6 is 0 Å². The number of carboxylic acid groups (broad SMARTS) is 1. The van der Waals surface area contributed by atoms with Crippen LogP contribution in [0.5, 0.6) is 0 Å². The van der Waals surface area contributed by atoms with Gasteiger partial charge in [-0.05, 0) is 5.56 Å². The monoisotopic (exact) mass is 422 g/mol. The zero-order valence-corrected chi connectivity index (χ0v) is 17.7. The van der Waals surface area contributed by atoms with Crippen LogP contribution in [0.4, 0.5) is 0 Å². The molecule has 9 nitrogen and oxygen atoms in total. The van der Waals surface area contributed by atoms with Gasteiger partial charge in [-0.15, -0.1) is 0 Å². The van der Waals surface area contributed by atoms with E-state index in [1.807, 2.05) is 23.5 Å². The van der Waals surface area contributed by atoms with Crippen LogP contribution in [-0.2, 0) is 37.0 Å². The van der Waals surface area contributed by atoms with Crippen LogP contribution < -0.4 is 10.9 Å². The zero-order chi connectivity index (χ0) is 22.4. The highest BCUT2D eigenvalue weighted by molar-refractivity contribution is 7.85. The van der Waals surface area contributed by atoms with Crippen LogP contribution in [0.25, 0.3) is 0 Å². The number of esters is 2. The fourth-order valence-electron chi connectivity index (χ4n) is 3.24. The summed E-state index contributed by atoms with van der Waals surface area (Å²) in [5, 5.41) is 9.65. The van der Waals surface area contributed by atoms with Crippen molar-refractivity contribution < 1.29 is 41.9 Å². The standard InChI is InChI=1S/C15H22B4O9S/c16-5-7-10(11(14(21)22)13(19)8(6-17)12(7)18)15(23)28-2-1-9(20)27-3-4-29(24,25)26/h1-6,16-19H2,(H,21,22)(H,24,25,26). The second-order valence-electron chi connectivity index (χ2n) is 6.36. The number of hydrogen-bond acceptors (Lipinski definition) is 7. The van der Waals surface area contributed by atoms with E-state index in [0.717, 1.165) is 11.0 Å². The molecule has 0 fully saturated rings. The molecule has 0 radical (unpaired) electrons. The maximum atomic E-state index is 12.6. The molecular formula is C15H22B4O9S. The molecule has 1 rings (SSSR count). The van der Waals surface area contributed by atoms with Gasteiger partial charge in [0.25, 0.3) is 10.1 Å². The summed E-state index contributed by atoms with van der Waals surface area (Å²) in [4.78, 5) is 36.0. The maximum Gasteiger partial charge on any atom is 0.339 e. The summed E-state index contributed by atoms with van der Waals surface area (Å²) in [6.07, 6.45) is 0.712. The molecule has 0 saturated carbocycles. The van der Waals surface area contributed by atoms with Crippen LogP contribution in [0.2, 0.25) is 0 Å². The average Bonchev–Trinajstić information content (AvgIpc) is 2.60. The molecule has 0 aliphatic carbocycles. The van der Waals surface area contributed by atoms with E-state index in [9.17, 15) is 27.9 Å². The molecule has 0 heterocycles. The van der Waals surface area contributed by atoms with Crippen molar-refractivity contribution in [3.63, 3.8) is 0 Å². The van der Waals surface area contributed by atoms with E-state index < -0.39 is 40.4 Å². The molecule has 0 amide bonds. The van der Waals surface area contributed by atoms with E-state index in [-0.39, 0.29) is 24.2 Å². The first-order chi connectivity index (χ1) is 13.4. The molecule has 0 saturated heterocycles. The van der Waals surface area contributed by atoms with Crippen molar-refractivity contribution in [3.05, 3.63) is 22.3 Å². The Morgan fingerprint density at radius 2 is 1.48 bits per heavy atom. The molecule has 0 atom stereocenters. The first kappa shape index (κ1) is 24.8. The summed E-state index contributed by atoms with van der Waals surface area (Å²) in [5.74, 6) is -3.63. The van der Waals surface area contributed by atoms with E-state index >= 15 is 0 Å². The molecule has 14 heteroatoms. The minimum atomic E-state index is -4.24. The van der Waals surface area contributed by atoms with Gasteiger partial charge in [0.2, 0.25) is 0 Å². The van der Waals surface area contributed by atoms with Crippen molar-refractivity contribution in [1.82, 2.24) is 0 Å². The second kappa shape index (κ2) is 10.5. The Bertz CT molecular complexity index is 915. The van der Waals surface area contributed by atoms with Crippen LogP contribution in [0, 0.1) is 0 Å². The van der Waals surface area contributed by atoms with Crippen LogP contribution in [0.15, 0.2) is 0 Å². The topological polar surface area (TPSA) is 144 Å². The lowest BCUT2D eigenvalue weighted by atomic mass is 9.68. The average molecular weight is 422 g/mol. The predicted molar refractivity (Wildman–Crippen MR) is 117 cm³/mol. The van der Waals surface area contributed by atoms with E-state index in [4.69, 9.17) is 9.29 Å². The highest BCUT2D eigenvalue weighted by Crippen LogP contribution is 2.16. The molecule has 1 aromatic rings. The van der Waals surface area contributed by atoms with E-state index in [1.165, 1.54) is 0 Å². The Kier molecular flexibility index (Phi) is 9.03. The Labute approximate surface area is 172 Å². The number of aromatic carboxylic acids is 1. The van der Waals surface area contributed by atoms with Crippen molar-refractivity contribution in [2.75, 3.05) is 19.0 Å². The third kappa shape index (κ3) is 6.67. The van der Waals surface area contributed by atoms with Crippen molar-refractivity contribution in [2.24, 2.45) is 0 Å². The van der Waals surface area contributed by atoms with Gasteiger partial charge in [0.1, 0.15) is 50.4 Å². The minimum Gasteiger partial charge on any atom is -0.478 e. The minimum absolute atomic E-state index is 0.0214. The molecule has 154 valence electrons. The number of ether oxygens (including phenoxy) is 2. The third-order valence-corrected chi connectivity index (χ3v) is 5.24. The Hall–Kier alpha value is -2.20. The van der Waals surface area contributed by atoms with Gasteiger partial charge in [0.15, 0.2) is 0 Å². The van der Waals surface area contributed by atoms with Crippen molar-refractivity contribution >= 4 is 70.3 Å². The first-order valence-corrected chi connectivity index (χ1v) is 10.7. The lowest BCUT2D eigenvalue weighted by molar-refractivity contribution is -0.143. The van der Waals surface area contributed by atoms with E-state index in [0.29, 0.717) is 23.7 Å². The van der Waals surface area contributed by atoms with Crippen LogP contribution in [0.3, 0.4) is 0 Å². The quantitative estimate of drug-likeness (QED) is 0.216. The van der Waals surface area contributed by atoms with Gasteiger partial charge < -0.3 is 14.6 Å². The van der Waals surface area contributed by atoms with Crippen LogP contribution in [-0.4, -0.2) is 86.3 Å². The third-order valence-electron chi connectivity index (χ3n) is 4.55. The summed E-state index contributed by atoms with van der Waals surface area (Å²) in [6, 6.07) is 0. The Balaban J connectivity index is 2.97. The molecule has 0 aromatic heterocycles. The summed E-state index contributed by atoms with van der Waals surface area (Å²) >= 11 is 0. The van der Waals surface area contributed by atoms with Gasteiger partial charge in [-0.25, -0.2) is 9.59 Å². The van der Waals surface area contributed by atoms with Crippen molar-refractivity contribution in [1.29, 1.82) is 0 Å². The predicted octanol–water partition coefficient (Wildman–Crippen LogP) is -4.85. The Morgan fingerprint density at radius 1 is 0.897 bits per heavy atom. The van der Waals surface area contributed by atoms with Crippen molar-refractivity contribution in [2.45, 2.75) is 19.1 Å². The fraction of sp³-hybridized carbons (Fsp3) is 0.400. The molecule has 2 N–H and O–H groups in total. The number of carbonyl (C=O) groups is 3. The molecular weight excluding hydrogens is 399 g/mol. The number of carbonyl (C=O) groups excluding carboxylic acids is 2. The van der Waals surface area contributed by atoms with Gasteiger partial charge >= 0.3 is 17.9 Å². The smallest absolute Gasteiger partial charge is 0.339 e. The number of hydrogen-bond donors (Lipinski definition) is 2. The molecule has 0 bridgehead atoms. The maximum absolute atomic E-state index is 12.6. The van der Waals surface area contributed by atoms with Gasteiger partial charge in [0, 0.05) is 0 Å². The molecule has 1 aromatic carbocycles. The van der Waals surface area contributed by atoms with Gasteiger partial charge in [-0.2, -0.15) is 8.42 Å². The summed E-state index contributed by atoms with van der Waals surface area (Å²) in [5.41, 5.74) is 2.68. The number of carboxylic acids is 1. The van der Waals surface area contributed by atoms with E-state index in [2.05, 4.69) is 4.74 Å². The highest BCUT2D eigenvalue weighted by atomic mass is 32.2. The zero-order valence-electron chi connectivity index (χ0n) is 16.9. The first-order valence-electron chi connectivity index (χ1n) is 9.10. The highest BCUT2D eigenvalue weighted by Gasteiger charge is 2.27. The SMILES string of the molecule is BCc1c(B)c(CB)c(C(=O)OCCC(=O)OCCS(=O)(=O)O)c(C(=O)O)c1B. The van der Waals surface area contributed by atoms with E-state index in [1.54, 1.807) is 7.85 Å². The van der Waals surface area contributed by atoms with Crippen LogP contribution in [0.1, 0.15) is 38.3 Å². The number of benzene rings is 1. The fourth-order valence-corrected chi connectivity index (χ4v) is 3.53. The van der Waals surface area contributed by atoms with Crippen molar-refractivity contribution in [3.8, 4) is 0 Å². The molecule has 0 aliphatic rings.